The quantitative estimate of drug-likeness (QED) is 0.158. The van der Waals surface area contributed by atoms with Gasteiger partial charge in [0.15, 0.2) is 0 Å². The van der Waals surface area contributed by atoms with Crippen molar-refractivity contribution in [3.8, 4) is 0 Å². The van der Waals surface area contributed by atoms with E-state index in [2.05, 4.69) is 41.2 Å². The summed E-state index contributed by atoms with van der Waals surface area (Å²) in [4.78, 5) is 58.2. The Labute approximate surface area is 173 Å². The minimum atomic E-state index is -1.36. The number of aliphatic carboxylic acids is 2. The minimum absolute atomic E-state index is 0.131. The number of carboxylic acids is 2. The predicted molar refractivity (Wildman–Crippen MR) is 106 cm³/mol. The second-order valence-corrected chi connectivity index (χ2v) is 6.99. The number of nitrogens with one attached hydrogen (secondary N) is 3. The van der Waals surface area contributed by atoms with Gasteiger partial charge >= 0.3 is 11.9 Å². The Morgan fingerprint density at radius 2 is 1.29 bits per heavy atom. The molecule has 4 atom stereocenters. The monoisotopic (exact) mass is 438 g/mol. The van der Waals surface area contributed by atoms with Crippen LogP contribution in [-0.4, -0.2) is 75.5 Å². The van der Waals surface area contributed by atoms with E-state index < -0.39 is 66.2 Å². The summed E-state index contributed by atoms with van der Waals surface area (Å²) in [6.45, 7) is 3.22. The first-order valence-corrected chi connectivity index (χ1v) is 9.54. The summed E-state index contributed by atoms with van der Waals surface area (Å²) >= 11 is 7.93. The Balaban J connectivity index is 4.99. The summed E-state index contributed by atoms with van der Waals surface area (Å²) < 4.78 is 0. The van der Waals surface area contributed by atoms with Gasteiger partial charge in [0, 0.05) is 11.5 Å². The van der Waals surface area contributed by atoms with Crippen LogP contribution in [0.15, 0.2) is 0 Å². The molecule has 0 aromatic carbocycles. The molecule has 0 aromatic heterocycles. The Kier molecular flexibility index (Phi) is 11.6. The lowest BCUT2D eigenvalue weighted by Gasteiger charge is -2.24. The Morgan fingerprint density at radius 3 is 1.64 bits per heavy atom. The van der Waals surface area contributed by atoms with Gasteiger partial charge in [0.05, 0.1) is 12.5 Å². The summed E-state index contributed by atoms with van der Waals surface area (Å²) in [6.07, 6.45) is -0.625. The highest BCUT2D eigenvalue weighted by Gasteiger charge is 2.30. The zero-order chi connectivity index (χ0) is 22.0. The van der Waals surface area contributed by atoms with Gasteiger partial charge in [-0.2, -0.15) is 25.3 Å². The second-order valence-electron chi connectivity index (χ2n) is 6.26. The second kappa shape index (κ2) is 12.5. The molecule has 7 N–H and O–H groups in total. The van der Waals surface area contributed by atoms with E-state index in [4.69, 9.17) is 15.9 Å². The third-order valence-electron chi connectivity index (χ3n) is 3.59. The predicted octanol–water partition coefficient (Wildman–Crippen LogP) is -2.16. The summed E-state index contributed by atoms with van der Waals surface area (Å²) in [6, 6.07) is -4.87. The zero-order valence-corrected chi connectivity index (χ0v) is 17.2. The van der Waals surface area contributed by atoms with Gasteiger partial charge in [0.2, 0.25) is 17.7 Å². The van der Waals surface area contributed by atoms with Crippen molar-refractivity contribution in [1.29, 1.82) is 0 Å². The molecule has 0 aromatic rings. The highest BCUT2D eigenvalue weighted by atomic mass is 32.1. The van der Waals surface area contributed by atoms with Crippen LogP contribution in [0.25, 0.3) is 0 Å². The molecule has 0 bridgehead atoms. The molecule has 0 heterocycles. The maximum absolute atomic E-state index is 12.3. The molecule has 0 rings (SSSR count). The third-order valence-corrected chi connectivity index (χ3v) is 4.32. The van der Waals surface area contributed by atoms with E-state index >= 15 is 0 Å². The maximum Gasteiger partial charge on any atom is 0.326 e. The number of hydrogen-bond donors (Lipinski definition) is 8. The number of thiol groups is 2. The van der Waals surface area contributed by atoms with Crippen LogP contribution in [-0.2, 0) is 24.0 Å². The topological polar surface area (TPSA) is 188 Å². The molecule has 0 aliphatic carbocycles. The van der Waals surface area contributed by atoms with Crippen molar-refractivity contribution in [2.24, 2.45) is 11.7 Å². The van der Waals surface area contributed by atoms with Gasteiger partial charge in [-0.1, -0.05) is 13.8 Å². The third kappa shape index (κ3) is 8.80. The van der Waals surface area contributed by atoms with Crippen molar-refractivity contribution in [3.05, 3.63) is 0 Å². The van der Waals surface area contributed by atoms with E-state index in [1.54, 1.807) is 13.8 Å². The van der Waals surface area contributed by atoms with Crippen LogP contribution in [0.3, 0.4) is 0 Å². The molecule has 11 nitrogen and oxygen atoms in total. The van der Waals surface area contributed by atoms with Crippen molar-refractivity contribution < 1.29 is 34.2 Å². The highest BCUT2D eigenvalue weighted by molar-refractivity contribution is 7.80. The summed E-state index contributed by atoms with van der Waals surface area (Å²) in [5.41, 5.74) is 5.43. The van der Waals surface area contributed by atoms with Crippen LogP contribution in [0.2, 0.25) is 0 Å². The number of hydrogen-bond acceptors (Lipinski definition) is 8. The number of nitrogens with two attached hydrogens (primary N) is 1. The summed E-state index contributed by atoms with van der Waals surface area (Å²) in [7, 11) is 0. The van der Waals surface area contributed by atoms with Crippen LogP contribution in [0.5, 0.6) is 0 Å². The highest BCUT2D eigenvalue weighted by Crippen LogP contribution is 2.03. The average Bonchev–Trinajstić information content (AvgIpc) is 2.59. The minimum Gasteiger partial charge on any atom is -0.481 e. The molecule has 0 aliphatic rings. The molecule has 0 saturated heterocycles. The van der Waals surface area contributed by atoms with Crippen LogP contribution >= 0.6 is 25.3 Å². The van der Waals surface area contributed by atoms with Crippen LogP contribution < -0.4 is 21.7 Å². The van der Waals surface area contributed by atoms with Gasteiger partial charge in [-0.15, -0.1) is 0 Å². The molecule has 0 fully saturated rings. The van der Waals surface area contributed by atoms with Crippen LogP contribution in [0.4, 0.5) is 0 Å². The number of amides is 3. The Hall–Kier alpha value is -1.99. The van der Waals surface area contributed by atoms with Crippen molar-refractivity contribution in [1.82, 2.24) is 16.0 Å². The van der Waals surface area contributed by atoms with Crippen molar-refractivity contribution >= 4 is 54.9 Å². The lowest BCUT2D eigenvalue weighted by molar-refractivity contribution is -0.143. The molecule has 160 valence electrons. The lowest BCUT2D eigenvalue weighted by atomic mass is 10.0. The smallest absolute Gasteiger partial charge is 0.326 e. The first-order valence-electron chi connectivity index (χ1n) is 8.27. The molecule has 0 radical (unpaired) electrons. The molecule has 0 spiro atoms. The zero-order valence-electron chi connectivity index (χ0n) is 15.4. The largest absolute Gasteiger partial charge is 0.481 e. The molecule has 3 amide bonds. The normalized spacial score (nSPS) is 15.1. The van der Waals surface area contributed by atoms with Gasteiger partial charge < -0.3 is 31.9 Å². The van der Waals surface area contributed by atoms with Gasteiger partial charge in [0.25, 0.3) is 0 Å². The lowest BCUT2D eigenvalue weighted by Crippen LogP contribution is -2.58. The van der Waals surface area contributed by atoms with E-state index in [1.807, 2.05) is 0 Å². The molecule has 13 heteroatoms. The van der Waals surface area contributed by atoms with Crippen LogP contribution in [0, 0.1) is 5.92 Å². The van der Waals surface area contributed by atoms with Crippen molar-refractivity contribution in [2.45, 2.75) is 44.4 Å². The van der Waals surface area contributed by atoms with E-state index in [1.165, 1.54) is 0 Å². The molecular formula is C15H26N4O7S2. The van der Waals surface area contributed by atoms with Crippen LogP contribution in [0.1, 0.15) is 20.3 Å². The first kappa shape index (κ1) is 26.0. The van der Waals surface area contributed by atoms with Crippen molar-refractivity contribution in [3.63, 3.8) is 0 Å². The standard InChI is InChI=1S/C15H26N4O7S2/c1-6(2)11(15(25)26)19-14(24)9(5-28)18-13(23)8(4-27)17-12(22)7(16)3-10(20)21/h6-9,11,27-28H,3-5,16H2,1-2H3,(H,17,22)(H,18,23)(H,19,24)(H,20,21)(H,25,26). The SMILES string of the molecule is CC(C)C(NC(=O)C(CS)NC(=O)C(CS)NC(=O)C(N)CC(=O)O)C(=O)O. The summed E-state index contributed by atoms with van der Waals surface area (Å²) in [5.74, 6) is -5.57. The van der Waals surface area contributed by atoms with E-state index in [-0.39, 0.29) is 11.5 Å². The van der Waals surface area contributed by atoms with Gasteiger partial charge in [0.1, 0.15) is 18.1 Å². The number of carboxylic acid groups (broad SMARTS) is 2. The Morgan fingerprint density at radius 1 is 0.857 bits per heavy atom. The molecule has 28 heavy (non-hydrogen) atoms. The summed E-state index contributed by atoms with van der Waals surface area (Å²) in [5, 5.41) is 24.7. The first-order chi connectivity index (χ1) is 12.9. The molecule has 4 unspecified atom stereocenters. The van der Waals surface area contributed by atoms with E-state index in [0.29, 0.717) is 0 Å². The van der Waals surface area contributed by atoms with Gasteiger partial charge in [-0.25, -0.2) is 4.79 Å². The van der Waals surface area contributed by atoms with E-state index in [0.717, 1.165) is 0 Å². The number of carbonyl (C=O) groups is 5. The fraction of sp³-hybridized carbons (Fsp3) is 0.667. The van der Waals surface area contributed by atoms with E-state index in [9.17, 15) is 24.0 Å². The average molecular weight is 439 g/mol. The fourth-order valence-electron chi connectivity index (χ4n) is 1.99. The molecule has 0 saturated carbocycles. The number of rotatable bonds is 12. The molecule has 0 aliphatic heterocycles. The van der Waals surface area contributed by atoms with Gasteiger partial charge in [-0.3, -0.25) is 19.2 Å². The van der Waals surface area contributed by atoms with Gasteiger partial charge in [-0.05, 0) is 5.92 Å². The Bertz CT molecular complexity index is 603. The molecular weight excluding hydrogens is 412 g/mol. The fourth-order valence-corrected chi connectivity index (χ4v) is 2.50. The maximum atomic E-state index is 12.3. The number of carbonyl (C=O) groups excluding carboxylic acids is 3. The van der Waals surface area contributed by atoms with Crippen molar-refractivity contribution in [2.75, 3.05) is 11.5 Å².